The maximum Gasteiger partial charge on any atom is 0.358 e. The van der Waals surface area contributed by atoms with Crippen molar-refractivity contribution in [2.75, 3.05) is 11.9 Å². The largest absolute Gasteiger partial charge is 0.461 e. The van der Waals surface area contributed by atoms with E-state index in [0.717, 1.165) is 5.69 Å². The lowest BCUT2D eigenvalue weighted by Crippen LogP contribution is -2.12. The van der Waals surface area contributed by atoms with Crippen LogP contribution in [0.25, 0.3) is 17.1 Å². The van der Waals surface area contributed by atoms with Crippen molar-refractivity contribution in [3.05, 3.63) is 78.2 Å². The highest BCUT2D eigenvalue weighted by Gasteiger charge is 2.13. The van der Waals surface area contributed by atoms with E-state index in [9.17, 15) is 14.0 Å². The fourth-order valence-electron chi connectivity index (χ4n) is 3.00. The number of nitrogens with one attached hydrogen (secondary N) is 1. The molecule has 0 spiro atoms. The standard InChI is InChI=1S/C23H20FN5O4/c1-2-32-23(31)19-13-14-29(27-19)18-9-7-17(8-10-18)25-20(30)11-12-21-26-22(28-33-21)15-3-5-16(24)6-4-15/h3-10,13-14H,2,11-12H2,1H3,(H,25,30). The van der Waals surface area contributed by atoms with Crippen molar-refractivity contribution in [3.8, 4) is 17.1 Å². The predicted octanol–water partition coefficient (Wildman–Crippen LogP) is 3.81. The van der Waals surface area contributed by atoms with E-state index in [-0.39, 0.29) is 36.9 Å². The molecule has 0 saturated carbocycles. The zero-order valence-electron chi connectivity index (χ0n) is 17.7. The normalized spacial score (nSPS) is 10.7. The lowest BCUT2D eigenvalue weighted by atomic mass is 10.2. The van der Waals surface area contributed by atoms with E-state index >= 15 is 0 Å². The summed E-state index contributed by atoms with van der Waals surface area (Å²) in [7, 11) is 0. The monoisotopic (exact) mass is 449 g/mol. The van der Waals surface area contributed by atoms with Crippen LogP contribution >= 0.6 is 0 Å². The lowest BCUT2D eigenvalue weighted by Gasteiger charge is -2.06. The third kappa shape index (κ3) is 5.48. The number of carbonyl (C=O) groups excluding carboxylic acids is 2. The second kappa shape index (κ2) is 9.86. The first-order valence-electron chi connectivity index (χ1n) is 10.2. The average Bonchev–Trinajstić information content (AvgIpc) is 3.49. The average molecular weight is 449 g/mol. The van der Waals surface area contributed by atoms with E-state index in [2.05, 4.69) is 20.6 Å². The molecule has 1 N–H and O–H groups in total. The number of halogens is 1. The SMILES string of the molecule is CCOC(=O)c1ccn(-c2ccc(NC(=O)CCc3nc(-c4ccc(F)cc4)no3)cc2)n1. The van der Waals surface area contributed by atoms with Crippen molar-refractivity contribution in [2.45, 2.75) is 19.8 Å². The Hall–Kier alpha value is -4.34. The van der Waals surface area contributed by atoms with Gasteiger partial charge < -0.3 is 14.6 Å². The van der Waals surface area contributed by atoms with Crippen LogP contribution in [0.4, 0.5) is 10.1 Å². The van der Waals surface area contributed by atoms with Crippen molar-refractivity contribution < 1.29 is 23.2 Å². The summed E-state index contributed by atoms with van der Waals surface area (Å²) in [5.41, 5.74) is 2.18. The topological polar surface area (TPSA) is 112 Å². The molecule has 0 aliphatic rings. The number of hydrogen-bond donors (Lipinski definition) is 1. The zero-order valence-corrected chi connectivity index (χ0v) is 17.7. The van der Waals surface area contributed by atoms with Crippen molar-refractivity contribution in [1.29, 1.82) is 0 Å². The number of aromatic nitrogens is 4. The van der Waals surface area contributed by atoms with Crippen LogP contribution in [0.2, 0.25) is 0 Å². The van der Waals surface area contributed by atoms with Gasteiger partial charge in [-0.1, -0.05) is 5.16 Å². The minimum atomic E-state index is -0.480. The van der Waals surface area contributed by atoms with Gasteiger partial charge >= 0.3 is 5.97 Å². The molecule has 2 aromatic heterocycles. The van der Waals surface area contributed by atoms with Gasteiger partial charge in [0.1, 0.15) is 5.82 Å². The van der Waals surface area contributed by atoms with Gasteiger partial charge in [-0.25, -0.2) is 13.9 Å². The van der Waals surface area contributed by atoms with E-state index in [1.54, 1.807) is 60.3 Å². The quantitative estimate of drug-likeness (QED) is 0.407. The summed E-state index contributed by atoms with van der Waals surface area (Å²) in [6.07, 6.45) is 2.07. The minimum Gasteiger partial charge on any atom is -0.461 e. The molecular formula is C23H20FN5O4. The van der Waals surface area contributed by atoms with Gasteiger partial charge in [0.2, 0.25) is 17.6 Å². The van der Waals surface area contributed by atoms with Crippen molar-refractivity contribution in [3.63, 3.8) is 0 Å². The van der Waals surface area contributed by atoms with Crippen LogP contribution in [0.15, 0.2) is 65.3 Å². The number of amides is 1. The summed E-state index contributed by atoms with van der Waals surface area (Å²) in [4.78, 5) is 28.3. The molecule has 2 heterocycles. The second-order valence-electron chi connectivity index (χ2n) is 6.98. The summed E-state index contributed by atoms with van der Waals surface area (Å²) in [6, 6.07) is 14.3. The van der Waals surface area contributed by atoms with E-state index in [4.69, 9.17) is 9.26 Å². The summed E-state index contributed by atoms with van der Waals surface area (Å²) in [6.45, 7) is 2.01. The number of carbonyl (C=O) groups is 2. The molecular weight excluding hydrogens is 429 g/mol. The zero-order chi connectivity index (χ0) is 23.2. The number of nitrogens with zero attached hydrogens (tertiary/aromatic N) is 4. The summed E-state index contributed by atoms with van der Waals surface area (Å²) in [5.74, 6) is -0.390. The first kappa shape index (κ1) is 21.9. The van der Waals surface area contributed by atoms with Gasteiger partial charge in [0.15, 0.2) is 5.69 Å². The van der Waals surface area contributed by atoms with E-state index < -0.39 is 5.97 Å². The fraction of sp³-hybridized carbons (Fsp3) is 0.174. The smallest absolute Gasteiger partial charge is 0.358 e. The fourth-order valence-corrected chi connectivity index (χ4v) is 3.00. The molecule has 33 heavy (non-hydrogen) atoms. The highest BCUT2D eigenvalue weighted by Crippen LogP contribution is 2.17. The Morgan fingerprint density at radius 1 is 1.09 bits per heavy atom. The third-order valence-electron chi connectivity index (χ3n) is 4.63. The van der Waals surface area contributed by atoms with Crippen LogP contribution < -0.4 is 5.32 Å². The molecule has 0 atom stereocenters. The summed E-state index contributed by atoms with van der Waals surface area (Å²) >= 11 is 0. The van der Waals surface area contributed by atoms with E-state index in [0.29, 0.717) is 23.0 Å². The number of benzene rings is 2. The minimum absolute atomic E-state index is 0.148. The molecule has 0 unspecified atom stereocenters. The molecule has 0 aliphatic heterocycles. The Kier molecular flexibility index (Phi) is 6.53. The van der Waals surface area contributed by atoms with Gasteiger partial charge in [-0.3, -0.25) is 4.79 Å². The van der Waals surface area contributed by atoms with Crippen LogP contribution in [-0.2, 0) is 16.0 Å². The van der Waals surface area contributed by atoms with Gasteiger partial charge in [0, 0.05) is 30.3 Å². The lowest BCUT2D eigenvalue weighted by molar-refractivity contribution is -0.116. The molecule has 4 aromatic rings. The van der Waals surface area contributed by atoms with Crippen LogP contribution in [-0.4, -0.2) is 38.4 Å². The van der Waals surface area contributed by atoms with Crippen molar-refractivity contribution in [1.82, 2.24) is 19.9 Å². The van der Waals surface area contributed by atoms with Crippen molar-refractivity contribution >= 4 is 17.6 Å². The van der Waals surface area contributed by atoms with E-state index in [1.165, 1.54) is 12.1 Å². The summed E-state index contributed by atoms with van der Waals surface area (Å²) in [5, 5.41) is 10.9. The number of hydrogen-bond acceptors (Lipinski definition) is 7. The number of aryl methyl sites for hydroxylation is 1. The number of rotatable bonds is 8. The molecule has 0 saturated heterocycles. The number of esters is 1. The third-order valence-corrected chi connectivity index (χ3v) is 4.63. The highest BCUT2D eigenvalue weighted by molar-refractivity contribution is 5.91. The van der Waals surface area contributed by atoms with Crippen LogP contribution in [0.1, 0.15) is 29.7 Å². The molecule has 10 heteroatoms. The van der Waals surface area contributed by atoms with Gasteiger partial charge in [0.05, 0.1) is 12.3 Å². The molecule has 168 valence electrons. The Morgan fingerprint density at radius 3 is 2.58 bits per heavy atom. The maximum absolute atomic E-state index is 13.0. The Morgan fingerprint density at radius 2 is 1.85 bits per heavy atom. The van der Waals surface area contributed by atoms with Crippen LogP contribution in [0.5, 0.6) is 0 Å². The molecule has 0 bridgehead atoms. The second-order valence-corrected chi connectivity index (χ2v) is 6.98. The molecule has 0 fully saturated rings. The first-order valence-corrected chi connectivity index (χ1v) is 10.2. The Bertz CT molecular complexity index is 1250. The molecule has 9 nitrogen and oxygen atoms in total. The number of ether oxygens (including phenoxy) is 1. The molecule has 1 amide bonds. The van der Waals surface area contributed by atoms with Gasteiger partial charge in [-0.05, 0) is 61.5 Å². The van der Waals surface area contributed by atoms with Crippen LogP contribution in [0, 0.1) is 5.82 Å². The van der Waals surface area contributed by atoms with Crippen molar-refractivity contribution in [2.24, 2.45) is 0 Å². The molecule has 0 aliphatic carbocycles. The Balaban J connectivity index is 1.30. The van der Waals surface area contributed by atoms with Gasteiger partial charge in [0.25, 0.3) is 0 Å². The highest BCUT2D eigenvalue weighted by atomic mass is 19.1. The first-order chi connectivity index (χ1) is 16.0. The Labute approximate surface area is 188 Å². The van der Waals surface area contributed by atoms with E-state index in [1.807, 2.05) is 0 Å². The predicted molar refractivity (Wildman–Crippen MR) is 116 cm³/mol. The number of anilines is 1. The van der Waals surface area contributed by atoms with Crippen LogP contribution in [0.3, 0.4) is 0 Å². The molecule has 0 radical (unpaired) electrons. The summed E-state index contributed by atoms with van der Waals surface area (Å²) < 4.78 is 24.7. The molecule has 2 aromatic carbocycles. The maximum atomic E-state index is 13.0. The van der Waals surface area contributed by atoms with Gasteiger partial charge in [-0.15, -0.1) is 0 Å². The van der Waals surface area contributed by atoms with Gasteiger partial charge in [-0.2, -0.15) is 10.1 Å². The molecule has 4 rings (SSSR count).